The van der Waals surface area contributed by atoms with E-state index < -0.39 is 17.9 Å². The van der Waals surface area contributed by atoms with Crippen molar-refractivity contribution < 1.29 is 19.5 Å². The van der Waals surface area contributed by atoms with Gasteiger partial charge in [0.2, 0.25) is 11.8 Å². The Morgan fingerprint density at radius 3 is 2.39 bits per heavy atom. The van der Waals surface area contributed by atoms with Crippen LogP contribution in [0.15, 0.2) is 30.3 Å². The van der Waals surface area contributed by atoms with Crippen LogP contribution in [0.2, 0.25) is 0 Å². The smallest absolute Gasteiger partial charge is 0.308 e. The van der Waals surface area contributed by atoms with E-state index in [1.54, 1.807) is 9.80 Å². The zero-order valence-corrected chi connectivity index (χ0v) is 16.9. The Morgan fingerprint density at radius 2 is 1.79 bits per heavy atom. The molecule has 0 bridgehead atoms. The summed E-state index contributed by atoms with van der Waals surface area (Å²) in [7, 11) is 0. The Balaban J connectivity index is 1.75. The van der Waals surface area contributed by atoms with E-state index in [1.807, 2.05) is 51.1 Å². The summed E-state index contributed by atoms with van der Waals surface area (Å²) in [5, 5.41) is 9.68. The average Bonchev–Trinajstić information content (AvgIpc) is 3.28. The van der Waals surface area contributed by atoms with Gasteiger partial charge in [0.15, 0.2) is 0 Å². The highest BCUT2D eigenvalue weighted by Crippen LogP contribution is 2.34. The molecule has 2 saturated heterocycles. The van der Waals surface area contributed by atoms with E-state index in [0.29, 0.717) is 25.9 Å². The van der Waals surface area contributed by atoms with Crippen molar-refractivity contribution in [3.8, 4) is 0 Å². The summed E-state index contributed by atoms with van der Waals surface area (Å²) in [6.45, 7) is 7.23. The molecule has 3 unspecified atom stereocenters. The van der Waals surface area contributed by atoms with Crippen LogP contribution in [0.1, 0.15) is 51.5 Å². The third-order valence-corrected chi connectivity index (χ3v) is 5.72. The van der Waals surface area contributed by atoms with E-state index in [4.69, 9.17) is 0 Å². The summed E-state index contributed by atoms with van der Waals surface area (Å²) in [5.41, 5.74) is 0.811. The lowest BCUT2D eigenvalue weighted by Gasteiger charge is -2.30. The second-order valence-electron chi connectivity index (χ2n) is 9.19. The number of aliphatic carboxylic acids is 1. The molecular formula is C22H30N2O4. The first kappa shape index (κ1) is 20.4. The molecule has 2 aliphatic heterocycles. The molecule has 0 spiro atoms. The monoisotopic (exact) mass is 386 g/mol. The second kappa shape index (κ2) is 7.94. The summed E-state index contributed by atoms with van der Waals surface area (Å²) < 4.78 is 0. The predicted octanol–water partition coefficient (Wildman–Crippen LogP) is 2.74. The molecule has 1 aromatic carbocycles. The topological polar surface area (TPSA) is 77.9 Å². The molecule has 1 N–H and O–H groups in total. The molecule has 2 aliphatic rings. The second-order valence-corrected chi connectivity index (χ2v) is 9.19. The zero-order chi connectivity index (χ0) is 20.5. The van der Waals surface area contributed by atoms with Gasteiger partial charge in [-0.3, -0.25) is 14.4 Å². The number of carbonyl (C=O) groups excluding carboxylic acids is 2. The van der Waals surface area contributed by atoms with Crippen LogP contribution in [0.5, 0.6) is 0 Å². The lowest BCUT2D eigenvalue weighted by Crippen LogP contribution is -2.48. The minimum atomic E-state index is -0.878. The van der Waals surface area contributed by atoms with Gasteiger partial charge in [-0.05, 0) is 23.8 Å². The van der Waals surface area contributed by atoms with Gasteiger partial charge in [0.1, 0.15) is 6.04 Å². The molecule has 0 radical (unpaired) electrons. The Morgan fingerprint density at radius 1 is 1.11 bits per heavy atom. The molecule has 0 aliphatic carbocycles. The van der Waals surface area contributed by atoms with Crippen LogP contribution in [0, 0.1) is 11.3 Å². The molecule has 2 fully saturated rings. The zero-order valence-electron chi connectivity index (χ0n) is 16.9. The third-order valence-electron chi connectivity index (χ3n) is 5.72. The van der Waals surface area contributed by atoms with Crippen molar-refractivity contribution in [1.82, 2.24) is 9.80 Å². The van der Waals surface area contributed by atoms with E-state index in [2.05, 4.69) is 0 Å². The lowest BCUT2D eigenvalue weighted by molar-refractivity contribution is -0.145. The van der Waals surface area contributed by atoms with Gasteiger partial charge in [0.25, 0.3) is 0 Å². The van der Waals surface area contributed by atoms with Crippen molar-refractivity contribution in [2.24, 2.45) is 11.3 Å². The maximum atomic E-state index is 13.2. The highest BCUT2D eigenvalue weighted by atomic mass is 16.4. The van der Waals surface area contributed by atoms with Crippen molar-refractivity contribution in [2.75, 3.05) is 19.6 Å². The highest BCUT2D eigenvalue weighted by molar-refractivity contribution is 5.89. The van der Waals surface area contributed by atoms with Crippen molar-refractivity contribution >= 4 is 17.8 Å². The molecule has 152 valence electrons. The van der Waals surface area contributed by atoms with E-state index in [-0.39, 0.29) is 29.7 Å². The Labute approximate surface area is 166 Å². The summed E-state index contributed by atoms with van der Waals surface area (Å²) in [4.78, 5) is 41.1. The van der Waals surface area contributed by atoms with E-state index in [9.17, 15) is 19.5 Å². The fraction of sp³-hybridized carbons (Fsp3) is 0.591. The van der Waals surface area contributed by atoms with Crippen LogP contribution in [-0.4, -0.2) is 58.4 Å². The maximum Gasteiger partial charge on any atom is 0.308 e. The first-order chi connectivity index (χ1) is 13.2. The molecule has 2 heterocycles. The number of hydrogen-bond acceptors (Lipinski definition) is 3. The molecule has 1 aromatic rings. The van der Waals surface area contributed by atoms with Gasteiger partial charge in [-0.2, -0.15) is 0 Å². The molecule has 0 aromatic heterocycles. The van der Waals surface area contributed by atoms with Gasteiger partial charge >= 0.3 is 5.97 Å². The fourth-order valence-corrected chi connectivity index (χ4v) is 4.36. The average molecular weight is 386 g/mol. The summed E-state index contributed by atoms with van der Waals surface area (Å²) in [6.07, 6.45) is 1.87. The molecular weight excluding hydrogens is 356 g/mol. The number of amides is 2. The summed E-state index contributed by atoms with van der Waals surface area (Å²) in [6, 6.07) is 9.06. The van der Waals surface area contributed by atoms with Gasteiger partial charge in [0.05, 0.1) is 5.92 Å². The van der Waals surface area contributed by atoms with E-state index >= 15 is 0 Å². The number of carboxylic acid groups (broad SMARTS) is 1. The largest absolute Gasteiger partial charge is 0.481 e. The molecule has 6 nitrogen and oxygen atoms in total. The first-order valence-electron chi connectivity index (χ1n) is 10.0. The molecule has 2 amide bonds. The molecule has 6 heteroatoms. The minimum Gasteiger partial charge on any atom is -0.481 e. The normalized spacial score (nSPS) is 25.2. The predicted molar refractivity (Wildman–Crippen MR) is 106 cm³/mol. The number of likely N-dealkylation sites (tertiary alicyclic amines) is 2. The first-order valence-corrected chi connectivity index (χ1v) is 10.0. The quantitative estimate of drug-likeness (QED) is 0.863. The van der Waals surface area contributed by atoms with Crippen molar-refractivity contribution in [3.63, 3.8) is 0 Å². The van der Waals surface area contributed by atoms with E-state index in [0.717, 1.165) is 12.0 Å². The van der Waals surface area contributed by atoms with Crippen LogP contribution in [-0.2, 0) is 14.4 Å². The Bertz CT molecular complexity index is 741. The molecule has 28 heavy (non-hydrogen) atoms. The Hall–Kier alpha value is -2.37. The van der Waals surface area contributed by atoms with Crippen LogP contribution >= 0.6 is 0 Å². The third kappa shape index (κ3) is 4.37. The van der Waals surface area contributed by atoms with Crippen LogP contribution in [0.3, 0.4) is 0 Å². The lowest BCUT2D eigenvalue weighted by atomic mass is 9.89. The van der Waals surface area contributed by atoms with Crippen LogP contribution < -0.4 is 0 Å². The van der Waals surface area contributed by atoms with Crippen molar-refractivity contribution in [1.29, 1.82) is 0 Å². The fourth-order valence-electron chi connectivity index (χ4n) is 4.36. The van der Waals surface area contributed by atoms with Crippen molar-refractivity contribution in [3.05, 3.63) is 35.9 Å². The number of carboxylic acids is 1. The molecule has 3 rings (SSSR count). The highest BCUT2D eigenvalue weighted by Gasteiger charge is 2.44. The maximum absolute atomic E-state index is 13.2. The number of rotatable bonds is 4. The standard InChI is InChI=1S/C22H30N2O4/c1-22(2,3)12-19(25)24-11-7-10-18(24)20(26)23-13-16(17(14-23)21(27)28)15-8-5-4-6-9-15/h4-6,8-9,16-18H,7,10-14H2,1-3H3,(H,27,28). The van der Waals surface area contributed by atoms with Crippen LogP contribution in [0.4, 0.5) is 0 Å². The number of hydrogen-bond donors (Lipinski definition) is 1. The van der Waals surface area contributed by atoms with Crippen molar-refractivity contribution in [2.45, 2.75) is 52.0 Å². The SMILES string of the molecule is CC(C)(C)CC(=O)N1CCCC1C(=O)N1CC(C(=O)O)C(c2ccccc2)C1. The van der Waals surface area contributed by atoms with Gasteiger partial charge in [-0.1, -0.05) is 51.1 Å². The van der Waals surface area contributed by atoms with Crippen LogP contribution in [0.25, 0.3) is 0 Å². The van der Waals surface area contributed by atoms with E-state index in [1.165, 1.54) is 0 Å². The van der Waals surface area contributed by atoms with Gasteiger partial charge in [-0.25, -0.2) is 0 Å². The number of nitrogens with zero attached hydrogens (tertiary/aromatic N) is 2. The molecule has 0 saturated carbocycles. The number of carbonyl (C=O) groups is 3. The van der Waals surface area contributed by atoms with Gasteiger partial charge < -0.3 is 14.9 Å². The van der Waals surface area contributed by atoms with Gasteiger partial charge in [0, 0.05) is 32.0 Å². The minimum absolute atomic E-state index is 0.0111. The summed E-state index contributed by atoms with van der Waals surface area (Å²) in [5.74, 6) is -1.81. The van der Waals surface area contributed by atoms with Gasteiger partial charge in [-0.15, -0.1) is 0 Å². The molecule has 3 atom stereocenters. The number of benzene rings is 1. The summed E-state index contributed by atoms with van der Waals surface area (Å²) >= 11 is 0. The Kier molecular flexibility index (Phi) is 5.77.